The van der Waals surface area contributed by atoms with Crippen LogP contribution in [0.1, 0.15) is 30.7 Å². The standard InChI is InChI=1S/C22H22ClNO3/c1-16(24-21(25)12-11-17-7-3-2-4-8-17)20-15-18-9-5-10-19(22(18)27-20)26-14-6-13-23/h2-5,7-12,15-16H,6,13-14H2,1H3,(H,24,25)/b12-11+. The van der Waals surface area contributed by atoms with Gasteiger partial charge in [0.25, 0.3) is 0 Å². The van der Waals surface area contributed by atoms with E-state index in [9.17, 15) is 4.79 Å². The monoisotopic (exact) mass is 383 g/mol. The molecule has 5 heteroatoms. The van der Waals surface area contributed by atoms with Crippen LogP contribution in [0.4, 0.5) is 0 Å². The number of furan rings is 1. The van der Waals surface area contributed by atoms with Crippen molar-refractivity contribution in [3.05, 3.63) is 72.0 Å². The zero-order valence-electron chi connectivity index (χ0n) is 15.2. The summed E-state index contributed by atoms with van der Waals surface area (Å²) in [4.78, 5) is 12.2. The first-order valence-corrected chi connectivity index (χ1v) is 9.45. The van der Waals surface area contributed by atoms with E-state index < -0.39 is 0 Å². The minimum absolute atomic E-state index is 0.176. The molecular weight excluding hydrogens is 362 g/mol. The predicted molar refractivity (Wildman–Crippen MR) is 109 cm³/mol. The minimum atomic E-state index is -0.263. The summed E-state index contributed by atoms with van der Waals surface area (Å²) in [6.07, 6.45) is 4.07. The molecule has 27 heavy (non-hydrogen) atoms. The molecule has 0 aliphatic heterocycles. The van der Waals surface area contributed by atoms with Crippen molar-refractivity contribution in [1.29, 1.82) is 0 Å². The number of carbonyl (C=O) groups excluding carboxylic acids is 1. The van der Waals surface area contributed by atoms with Gasteiger partial charge in [-0.25, -0.2) is 0 Å². The second-order valence-corrected chi connectivity index (χ2v) is 6.57. The Morgan fingerprint density at radius 2 is 2.04 bits per heavy atom. The van der Waals surface area contributed by atoms with Crippen LogP contribution in [-0.2, 0) is 4.79 Å². The highest BCUT2D eigenvalue weighted by Crippen LogP contribution is 2.31. The molecule has 1 amide bonds. The van der Waals surface area contributed by atoms with Crippen LogP contribution >= 0.6 is 11.6 Å². The number of para-hydroxylation sites is 1. The van der Waals surface area contributed by atoms with Crippen molar-refractivity contribution in [2.24, 2.45) is 0 Å². The maximum absolute atomic E-state index is 12.2. The summed E-state index contributed by atoms with van der Waals surface area (Å²) >= 11 is 5.70. The van der Waals surface area contributed by atoms with Gasteiger partial charge >= 0.3 is 0 Å². The van der Waals surface area contributed by atoms with E-state index in [1.54, 1.807) is 6.08 Å². The average molecular weight is 384 g/mol. The van der Waals surface area contributed by atoms with Crippen LogP contribution in [0.3, 0.4) is 0 Å². The second kappa shape index (κ2) is 9.28. The van der Waals surface area contributed by atoms with Crippen molar-refractivity contribution in [3.63, 3.8) is 0 Å². The van der Waals surface area contributed by atoms with Gasteiger partial charge in [-0.1, -0.05) is 42.5 Å². The number of halogens is 1. The first-order valence-electron chi connectivity index (χ1n) is 8.92. The van der Waals surface area contributed by atoms with Crippen molar-refractivity contribution in [3.8, 4) is 5.75 Å². The molecule has 4 nitrogen and oxygen atoms in total. The lowest BCUT2D eigenvalue weighted by atomic mass is 10.2. The van der Waals surface area contributed by atoms with E-state index >= 15 is 0 Å². The number of benzene rings is 2. The Morgan fingerprint density at radius 1 is 1.22 bits per heavy atom. The molecule has 1 aromatic heterocycles. The SMILES string of the molecule is CC(NC(=O)/C=C/c1ccccc1)c1cc2cccc(OCCCCl)c2o1. The molecule has 0 bridgehead atoms. The summed E-state index contributed by atoms with van der Waals surface area (Å²) in [6.45, 7) is 2.43. The summed E-state index contributed by atoms with van der Waals surface area (Å²) in [5.41, 5.74) is 1.66. The normalized spacial score (nSPS) is 12.4. The van der Waals surface area contributed by atoms with Crippen molar-refractivity contribution in [2.45, 2.75) is 19.4 Å². The lowest BCUT2D eigenvalue weighted by molar-refractivity contribution is -0.117. The molecular formula is C22H22ClNO3. The number of carbonyl (C=O) groups is 1. The van der Waals surface area contributed by atoms with Gasteiger partial charge in [0.15, 0.2) is 11.3 Å². The van der Waals surface area contributed by atoms with Crippen molar-refractivity contribution < 1.29 is 13.9 Å². The van der Waals surface area contributed by atoms with Gasteiger partial charge in [-0.15, -0.1) is 11.6 Å². The molecule has 0 saturated carbocycles. The Balaban J connectivity index is 1.68. The number of alkyl halides is 1. The highest BCUT2D eigenvalue weighted by molar-refractivity contribution is 6.17. The largest absolute Gasteiger partial charge is 0.490 e. The molecule has 0 fully saturated rings. The molecule has 3 aromatic rings. The van der Waals surface area contributed by atoms with Gasteiger partial charge in [0, 0.05) is 17.3 Å². The van der Waals surface area contributed by atoms with Crippen LogP contribution in [0.5, 0.6) is 5.75 Å². The number of hydrogen-bond donors (Lipinski definition) is 1. The van der Waals surface area contributed by atoms with Gasteiger partial charge in [0.2, 0.25) is 5.91 Å². The first-order chi connectivity index (χ1) is 13.2. The van der Waals surface area contributed by atoms with E-state index in [0.29, 0.717) is 29.6 Å². The van der Waals surface area contributed by atoms with Crippen molar-refractivity contribution in [1.82, 2.24) is 5.32 Å². The predicted octanol–water partition coefficient (Wildman–Crippen LogP) is 5.33. The maximum Gasteiger partial charge on any atom is 0.244 e. The van der Waals surface area contributed by atoms with Crippen LogP contribution in [0.25, 0.3) is 17.0 Å². The first kappa shape index (κ1) is 19.1. The summed E-state index contributed by atoms with van der Waals surface area (Å²) < 4.78 is 11.7. The van der Waals surface area contributed by atoms with Crippen LogP contribution in [0.2, 0.25) is 0 Å². The van der Waals surface area contributed by atoms with E-state index in [2.05, 4.69) is 5.32 Å². The Labute approximate surface area is 163 Å². The van der Waals surface area contributed by atoms with E-state index in [1.807, 2.05) is 61.5 Å². The third kappa shape index (κ3) is 5.14. The van der Waals surface area contributed by atoms with Gasteiger partial charge in [-0.2, -0.15) is 0 Å². The topological polar surface area (TPSA) is 51.5 Å². The van der Waals surface area contributed by atoms with E-state index in [1.165, 1.54) is 6.08 Å². The minimum Gasteiger partial charge on any atom is -0.490 e. The van der Waals surface area contributed by atoms with Crippen molar-refractivity contribution in [2.75, 3.05) is 12.5 Å². The number of amides is 1. The van der Waals surface area contributed by atoms with Crippen molar-refractivity contribution >= 4 is 34.6 Å². The molecule has 0 radical (unpaired) electrons. The molecule has 0 aliphatic rings. The summed E-state index contributed by atoms with van der Waals surface area (Å²) in [6, 6.07) is 17.1. The fourth-order valence-electron chi connectivity index (χ4n) is 2.69. The fraction of sp³-hybridized carbons (Fsp3) is 0.227. The van der Waals surface area contributed by atoms with Gasteiger partial charge in [-0.05, 0) is 37.1 Å². The van der Waals surface area contributed by atoms with E-state index in [4.69, 9.17) is 20.8 Å². The van der Waals surface area contributed by atoms with Gasteiger partial charge in [0.05, 0.1) is 12.6 Å². The Bertz CT molecular complexity index is 918. The molecule has 1 heterocycles. The number of ether oxygens (including phenoxy) is 1. The van der Waals surface area contributed by atoms with Gasteiger partial charge < -0.3 is 14.5 Å². The third-order valence-electron chi connectivity index (χ3n) is 4.07. The van der Waals surface area contributed by atoms with E-state index in [0.717, 1.165) is 17.4 Å². The molecule has 0 aliphatic carbocycles. The third-order valence-corrected chi connectivity index (χ3v) is 4.34. The fourth-order valence-corrected chi connectivity index (χ4v) is 2.80. The average Bonchev–Trinajstić information content (AvgIpc) is 3.13. The number of hydrogen-bond acceptors (Lipinski definition) is 3. The number of rotatable bonds is 8. The second-order valence-electron chi connectivity index (χ2n) is 6.19. The van der Waals surface area contributed by atoms with Gasteiger partial charge in [0.1, 0.15) is 5.76 Å². The molecule has 140 valence electrons. The van der Waals surface area contributed by atoms with Gasteiger partial charge in [-0.3, -0.25) is 4.79 Å². The van der Waals surface area contributed by atoms with Crippen LogP contribution in [0.15, 0.2) is 65.1 Å². The number of fused-ring (bicyclic) bond motifs is 1. The lowest BCUT2D eigenvalue weighted by Crippen LogP contribution is -2.24. The molecule has 0 saturated heterocycles. The summed E-state index contributed by atoms with van der Waals surface area (Å²) in [7, 11) is 0. The highest BCUT2D eigenvalue weighted by Gasteiger charge is 2.15. The maximum atomic E-state index is 12.2. The molecule has 2 aromatic carbocycles. The highest BCUT2D eigenvalue weighted by atomic mass is 35.5. The molecule has 1 atom stereocenters. The Morgan fingerprint density at radius 3 is 2.81 bits per heavy atom. The summed E-state index contributed by atoms with van der Waals surface area (Å²) in [5, 5.41) is 3.86. The molecule has 1 unspecified atom stereocenters. The van der Waals surface area contributed by atoms with E-state index in [-0.39, 0.29) is 11.9 Å². The smallest absolute Gasteiger partial charge is 0.244 e. The summed E-state index contributed by atoms with van der Waals surface area (Å²) in [5.74, 6) is 1.75. The number of nitrogens with one attached hydrogen (secondary N) is 1. The molecule has 3 rings (SSSR count). The Hall–Kier alpha value is -2.72. The van der Waals surface area contributed by atoms with Crippen LogP contribution < -0.4 is 10.1 Å². The van der Waals surface area contributed by atoms with Crippen LogP contribution in [0, 0.1) is 0 Å². The molecule has 1 N–H and O–H groups in total. The quantitative estimate of drug-likeness (QED) is 0.325. The lowest BCUT2D eigenvalue weighted by Gasteiger charge is -2.09. The zero-order chi connectivity index (χ0) is 19.1. The van der Waals surface area contributed by atoms with Crippen LogP contribution in [-0.4, -0.2) is 18.4 Å². The molecule has 0 spiro atoms. The zero-order valence-corrected chi connectivity index (χ0v) is 15.9. The Kier molecular flexibility index (Phi) is 6.55.